The molecule has 1 atom stereocenters. The van der Waals surface area contributed by atoms with E-state index in [-0.39, 0.29) is 5.91 Å². The molecular formula is C19H24N2O3. The number of nitrogens with one attached hydrogen (secondary N) is 1. The van der Waals surface area contributed by atoms with E-state index in [4.69, 9.17) is 15.2 Å². The SMILES string of the molecule is CCOc1cc(CNC(=O)[C@@H](N)Cc2ccccc2)ccc1OC. The van der Waals surface area contributed by atoms with Gasteiger partial charge in [-0.25, -0.2) is 0 Å². The lowest BCUT2D eigenvalue weighted by Crippen LogP contribution is -2.41. The van der Waals surface area contributed by atoms with E-state index in [0.29, 0.717) is 31.1 Å². The van der Waals surface area contributed by atoms with Crippen molar-refractivity contribution in [2.45, 2.75) is 25.9 Å². The zero-order chi connectivity index (χ0) is 17.4. The summed E-state index contributed by atoms with van der Waals surface area (Å²) in [5.74, 6) is 1.17. The second-order valence-corrected chi connectivity index (χ2v) is 5.43. The van der Waals surface area contributed by atoms with E-state index in [0.717, 1.165) is 11.1 Å². The van der Waals surface area contributed by atoms with Gasteiger partial charge in [0.2, 0.25) is 5.91 Å². The summed E-state index contributed by atoms with van der Waals surface area (Å²) < 4.78 is 10.8. The van der Waals surface area contributed by atoms with Crippen molar-refractivity contribution in [2.75, 3.05) is 13.7 Å². The fraction of sp³-hybridized carbons (Fsp3) is 0.316. The van der Waals surface area contributed by atoms with Gasteiger partial charge >= 0.3 is 0 Å². The Hall–Kier alpha value is -2.53. The van der Waals surface area contributed by atoms with Crippen molar-refractivity contribution in [1.29, 1.82) is 0 Å². The van der Waals surface area contributed by atoms with Crippen LogP contribution >= 0.6 is 0 Å². The standard InChI is InChI=1S/C19H24N2O3/c1-3-24-18-12-15(9-10-17(18)23-2)13-21-19(22)16(20)11-14-7-5-4-6-8-14/h4-10,12,16H,3,11,13,20H2,1-2H3,(H,21,22)/t16-/m0/s1. The molecule has 0 heterocycles. The molecule has 0 bridgehead atoms. The lowest BCUT2D eigenvalue weighted by molar-refractivity contribution is -0.122. The molecule has 0 unspecified atom stereocenters. The first-order valence-corrected chi connectivity index (χ1v) is 8.01. The van der Waals surface area contributed by atoms with Crippen LogP contribution in [0.25, 0.3) is 0 Å². The van der Waals surface area contributed by atoms with Crippen molar-refractivity contribution in [1.82, 2.24) is 5.32 Å². The van der Waals surface area contributed by atoms with Crippen molar-refractivity contribution in [3.63, 3.8) is 0 Å². The summed E-state index contributed by atoms with van der Waals surface area (Å²) in [6.07, 6.45) is 0.513. The Balaban J connectivity index is 1.92. The quantitative estimate of drug-likeness (QED) is 0.780. The molecule has 0 aliphatic heterocycles. The monoisotopic (exact) mass is 328 g/mol. The van der Waals surface area contributed by atoms with Gasteiger partial charge in [-0.1, -0.05) is 36.4 Å². The number of carbonyl (C=O) groups is 1. The van der Waals surface area contributed by atoms with Gasteiger partial charge in [0.25, 0.3) is 0 Å². The van der Waals surface area contributed by atoms with Gasteiger partial charge in [-0.15, -0.1) is 0 Å². The van der Waals surface area contributed by atoms with Crippen molar-refractivity contribution < 1.29 is 14.3 Å². The number of hydrogen-bond acceptors (Lipinski definition) is 4. The van der Waals surface area contributed by atoms with Crippen LogP contribution in [0.3, 0.4) is 0 Å². The number of nitrogens with two attached hydrogens (primary N) is 1. The van der Waals surface area contributed by atoms with Crippen LogP contribution in [0.5, 0.6) is 11.5 Å². The number of amides is 1. The summed E-state index contributed by atoms with van der Waals surface area (Å²) in [6.45, 7) is 2.86. The van der Waals surface area contributed by atoms with E-state index < -0.39 is 6.04 Å². The fourth-order valence-electron chi connectivity index (χ4n) is 2.38. The topological polar surface area (TPSA) is 73.6 Å². The van der Waals surface area contributed by atoms with Gasteiger partial charge in [-0.2, -0.15) is 0 Å². The summed E-state index contributed by atoms with van der Waals surface area (Å²) in [4.78, 5) is 12.2. The third kappa shape index (κ3) is 4.99. The number of benzene rings is 2. The number of rotatable bonds is 8. The van der Waals surface area contributed by atoms with Crippen molar-refractivity contribution in [3.05, 3.63) is 59.7 Å². The third-order valence-corrected chi connectivity index (χ3v) is 3.63. The number of ether oxygens (including phenoxy) is 2. The smallest absolute Gasteiger partial charge is 0.237 e. The first-order chi connectivity index (χ1) is 11.6. The summed E-state index contributed by atoms with van der Waals surface area (Å²) >= 11 is 0. The molecule has 24 heavy (non-hydrogen) atoms. The Labute approximate surface area is 142 Å². The van der Waals surface area contributed by atoms with Crippen LogP contribution in [-0.4, -0.2) is 25.7 Å². The molecule has 2 aromatic carbocycles. The molecule has 0 aliphatic carbocycles. The van der Waals surface area contributed by atoms with E-state index in [2.05, 4.69) is 5.32 Å². The zero-order valence-electron chi connectivity index (χ0n) is 14.1. The average molecular weight is 328 g/mol. The van der Waals surface area contributed by atoms with Crippen LogP contribution < -0.4 is 20.5 Å². The van der Waals surface area contributed by atoms with Crippen LogP contribution in [0.15, 0.2) is 48.5 Å². The van der Waals surface area contributed by atoms with E-state index >= 15 is 0 Å². The molecule has 0 aromatic heterocycles. The van der Waals surface area contributed by atoms with Crippen LogP contribution in [0.2, 0.25) is 0 Å². The van der Waals surface area contributed by atoms with Crippen molar-refractivity contribution in [3.8, 4) is 11.5 Å². The molecule has 0 spiro atoms. The molecule has 0 aliphatic rings. The zero-order valence-corrected chi connectivity index (χ0v) is 14.1. The van der Waals surface area contributed by atoms with E-state index in [1.165, 1.54) is 0 Å². The van der Waals surface area contributed by atoms with Gasteiger partial charge in [0.1, 0.15) is 0 Å². The molecule has 0 saturated heterocycles. The highest BCUT2D eigenvalue weighted by Gasteiger charge is 2.14. The van der Waals surface area contributed by atoms with Crippen LogP contribution in [0.1, 0.15) is 18.1 Å². The van der Waals surface area contributed by atoms with E-state index in [9.17, 15) is 4.79 Å². The Kier molecular flexibility index (Phi) is 6.63. The molecule has 0 saturated carbocycles. The minimum atomic E-state index is -0.572. The molecule has 3 N–H and O–H groups in total. The molecule has 0 radical (unpaired) electrons. The van der Waals surface area contributed by atoms with Crippen LogP contribution in [-0.2, 0) is 17.8 Å². The van der Waals surface area contributed by atoms with Gasteiger partial charge in [0, 0.05) is 6.54 Å². The molecular weight excluding hydrogens is 304 g/mol. The second kappa shape index (κ2) is 8.93. The van der Waals surface area contributed by atoms with E-state index in [1.807, 2.05) is 55.5 Å². The maximum absolute atomic E-state index is 12.2. The first-order valence-electron chi connectivity index (χ1n) is 8.01. The molecule has 0 fully saturated rings. The Morgan fingerprint density at radius 2 is 1.88 bits per heavy atom. The lowest BCUT2D eigenvalue weighted by atomic mass is 10.1. The van der Waals surface area contributed by atoms with Gasteiger partial charge in [0.15, 0.2) is 11.5 Å². The largest absolute Gasteiger partial charge is 0.493 e. The summed E-state index contributed by atoms with van der Waals surface area (Å²) in [6, 6.07) is 14.8. The van der Waals surface area contributed by atoms with E-state index in [1.54, 1.807) is 7.11 Å². The normalized spacial score (nSPS) is 11.6. The molecule has 128 valence electrons. The Bertz CT molecular complexity index is 659. The van der Waals surface area contributed by atoms with Crippen molar-refractivity contribution in [2.24, 2.45) is 5.73 Å². The van der Waals surface area contributed by atoms with Crippen LogP contribution in [0, 0.1) is 0 Å². The third-order valence-electron chi connectivity index (χ3n) is 3.63. The van der Waals surface area contributed by atoms with Gasteiger partial charge < -0.3 is 20.5 Å². The highest BCUT2D eigenvalue weighted by atomic mass is 16.5. The highest BCUT2D eigenvalue weighted by Crippen LogP contribution is 2.27. The number of methoxy groups -OCH3 is 1. The minimum absolute atomic E-state index is 0.173. The van der Waals surface area contributed by atoms with Gasteiger partial charge in [-0.05, 0) is 36.6 Å². The minimum Gasteiger partial charge on any atom is -0.493 e. The maximum atomic E-state index is 12.2. The molecule has 5 heteroatoms. The summed E-state index contributed by atoms with van der Waals surface area (Å²) in [7, 11) is 1.60. The second-order valence-electron chi connectivity index (χ2n) is 5.43. The van der Waals surface area contributed by atoms with Crippen LogP contribution in [0.4, 0.5) is 0 Å². The van der Waals surface area contributed by atoms with Gasteiger partial charge in [0.05, 0.1) is 19.8 Å². The predicted molar refractivity (Wildman–Crippen MR) is 94.1 cm³/mol. The maximum Gasteiger partial charge on any atom is 0.237 e. The predicted octanol–water partition coefficient (Wildman–Crippen LogP) is 2.28. The Morgan fingerprint density at radius 1 is 1.12 bits per heavy atom. The first kappa shape index (κ1) is 17.8. The fourth-order valence-corrected chi connectivity index (χ4v) is 2.38. The summed E-state index contributed by atoms with van der Waals surface area (Å²) in [5, 5.41) is 2.87. The summed E-state index contributed by atoms with van der Waals surface area (Å²) in [5.41, 5.74) is 7.95. The molecule has 2 aromatic rings. The lowest BCUT2D eigenvalue weighted by Gasteiger charge is -2.14. The average Bonchev–Trinajstić information content (AvgIpc) is 2.61. The van der Waals surface area contributed by atoms with Gasteiger partial charge in [-0.3, -0.25) is 4.79 Å². The molecule has 5 nitrogen and oxygen atoms in total. The Morgan fingerprint density at radius 3 is 2.54 bits per heavy atom. The molecule has 2 rings (SSSR count). The number of hydrogen-bond donors (Lipinski definition) is 2. The van der Waals surface area contributed by atoms with Crippen molar-refractivity contribution >= 4 is 5.91 Å². The highest BCUT2D eigenvalue weighted by molar-refractivity contribution is 5.81. The molecule has 1 amide bonds. The number of carbonyl (C=O) groups excluding carboxylic acids is 1.